The van der Waals surface area contributed by atoms with E-state index in [0.717, 1.165) is 16.8 Å². The Hall–Kier alpha value is -2.75. The Morgan fingerprint density at radius 3 is 2.75 bits per heavy atom. The van der Waals surface area contributed by atoms with Gasteiger partial charge in [0.05, 0.1) is 5.56 Å². The molecule has 1 aliphatic rings. The lowest BCUT2D eigenvalue weighted by Gasteiger charge is -2.10. The summed E-state index contributed by atoms with van der Waals surface area (Å²) in [7, 11) is 0. The summed E-state index contributed by atoms with van der Waals surface area (Å²) in [6, 6.07) is 12.7. The molecule has 0 radical (unpaired) electrons. The van der Waals surface area contributed by atoms with Gasteiger partial charge in [-0.15, -0.1) is 0 Å². The number of benzene rings is 2. The standard InChI is InChI=1S/C16H14N2O2/c1-10-12-6-4-7-13(15(12)16(20)18-10)17-9-11-5-2-3-8-14(11)19/h2-8,17,19H,1,9H2,(H,18,20). The lowest BCUT2D eigenvalue weighted by Crippen LogP contribution is -2.13. The molecule has 1 amide bonds. The summed E-state index contributed by atoms with van der Waals surface area (Å²) in [5, 5.41) is 15.6. The molecule has 0 atom stereocenters. The number of carbonyl (C=O) groups is 1. The van der Waals surface area contributed by atoms with Gasteiger partial charge in [-0.1, -0.05) is 36.9 Å². The second kappa shape index (κ2) is 4.74. The van der Waals surface area contributed by atoms with Crippen LogP contribution in [0.3, 0.4) is 0 Å². The third kappa shape index (κ3) is 2.01. The topological polar surface area (TPSA) is 61.4 Å². The first-order chi connectivity index (χ1) is 9.66. The average Bonchev–Trinajstić information content (AvgIpc) is 2.74. The first-order valence-electron chi connectivity index (χ1n) is 6.31. The van der Waals surface area contributed by atoms with Crippen molar-refractivity contribution in [3.8, 4) is 5.75 Å². The summed E-state index contributed by atoms with van der Waals surface area (Å²) in [6.45, 7) is 4.27. The fourth-order valence-corrected chi connectivity index (χ4v) is 2.31. The van der Waals surface area contributed by atoms with Crippen LogP contribution in [0.5, 0.6) is 5.75 Å². The maximum Gasteiger partial charge on any atom is 0.258 e. The van der Waals surface area contributed by atoms with Gasteiger partial charge in [0.2, 0.25) is 0 Å². The minimum Gasteiger partial charge on any atom is -0.508 e. The molecule has 0 saturated heterocycles. The summed E-state index contributed by atoms with van der Waals surface area (Å²) in [4.78, 5) is 11.9. The molecule has 0 aromatic heterocycles. The summed E-state index contributed by atoms with van der Waals surface area (Å²) in [5.41, 5.74) is 3.56. The van der Waals surface area contributed by atoms with E-state index in [1.165, 1.54) is 0 Å². The number of amides is 1. The molecule has 2 aromatic carbocycles. The number of phenolic OH excluding ortho intramolecular Hbond substituents is 1. The minimum absolute atomic E-state index is 0.148. The van der Waals surface area contributed by atoms with Gasteiger partial charge in [0.15, 0.2) is 0 Å². The Labute approximate surface area is 116 Å². The van der Waals surface area contributed by atoms with E-state index in [9.17, 15) is 9.90 Å². The van der Waals surface area contributed by atoms with Crippen LogP contribution < -0.4 is 10.6 Å². The minimum atomic E-state index is -0.148. The molecule has 1 aliphatic heterocycles. The smallest absolute Gasteiger partial charge is 0.258 e. The van der Waals surface area contributed by atoms with Gasteiger partial charge in [0, 0.05) is 29.1 Å². The molecule has 0 fully saturated rings. The molecule has 4 nitrogen and oxygen atoms in total. The quantitative estimate of drug-likeness (QED) is 0.800. The molecule has 4 heteroatoms. The Kier molecular flexibility index (Phi) is 2.91. The number of para-hydroxylation sites is 1. The van der Waals surface area contributed by atoms with Crippen molar-refractivity contribution in [2.45, 2.75) is 6.54 Å². The van der Waals surface area contributed by atoms with E-state index in [1.54, 1.807) is 12.1 Å². The van der Waals surface area contributed by atoms with Gasteiger partial charge in [0.1, 0.15) is 5.75 Å². The predicted octanol–water partition coefficient (Wildman–Crippen LogP) is 2.72. The normalized spacial score (nSPS) is 13.0. The zero-order valence-corrected chi connectivity index (χ0v) is 10.8. The highest BCUT2D eigenvalue weighted by Crippen LogP contribution is 2.30. The molecular weight excluding hydrogens is 252 g/mol. The van der Waals surface area contributed by atoms with Crippen molar-refractivity contribution in [3.05, 3.63) is 65.7 Å². The molecule has 1 heterocycles. The predicted molar refractivity (Wildman–Crippen MR) is 78.4 cm³/mol. The zero-order valence-electron chi connectivity index (χ0n) is 10.8. The highest BCUT2D eigenvalue weighted by Gasteiger charge is 2.25. The van der Waals surface area contributed by atoms with Gasteiger partial charge in [-0.3, -0.25) is 4.79 Å². The van der Waals surface area contributed by atoms with Crippen LogP contribution in [-0.4, -0.2) is 11.0 Å². The number of anilines is 1. The SMILES string of the molecule is C=C1NC(=O)c2c(NCc3ccccc3O)cccc21. The fraction of sp³-hybridized carbons (Fsp3) is 0.0625. The Morgan fingerprint density at radius 1 is 1.15 bits per heavy atom. The van der Waals surface area contributed by atoms with Gasteiger partial charge in [0.25, 0.3) is 5.91 Å². The highest BCUT2D eigenvalue weighted by atomic mass is 16.3. The Morgan fingerprint density at radius 2 is 1.95 bits per heavy atom. The lowest BCUT2D eigenvalue weighted by molar-refractivity contribution is 0.0982. The summed E-state index contributed by atoms with van der Waals surface area (Å²) < 4.78 is 0. The first-order valence-corrected chi connectivity index (χ1v) is 6.31. The molecule has 0 saturated carbocycles. The van der Waals surface area contributed by atoms with Crippen molar-refractivity contribution in [3.63, 3.8) is 0 Å². The summed E-state index contributed by atoms with van der Waals surface area (Å²) in [6.07, 6.45) is 0. The van der Waals surface area contributed by atoms with Crippen LogP contribution in [0.2, 0.25) is 0 Å². The second-order valence-corrected chi connectivity index (χ2v) is 4.64. The Balaban J connectivity index is 1.88. The number of rotatable bonds is 3. The molecular formula is C16H14N2O2. The van der Waals surface area contributed by atoms with E-state index >= 15 is 0 Å². The maximum absolute atomic E-state index is 11.9. The van der Waals surface area contributed by atoms with Crippen LogP contribution >= 0.6 is 0 Å². The summed E-state index contributed by atoms with van der Waals surface area (Å²) in [5.74, 6) is 0.0896. The largest absolute Gasteiger partial charge is 0.508 e. The van der Waals surface area contributed by atoms with Crippen LogP contribution in [0, 0.1) is 0 Å². The number of hydrogen-bond acceptors (Lipinski definition) is 3. The zero-order chi connectivity index (χ0) is 14.1. The molecule has 20 heavy (non-hydrogen) atoms. The van der Waals surface area contributed by atoms with Crippen molar-refractivity contribution < 1.29 is 9.90 Å². The molecule has 2 aromatic rings. The molecule has 0 unspecified atom stereocenters. The molecule has 0 bridgehead atoms. The van der Waals surface area contributed by atoms with E-state index in [1.807, 2.05) is 30.3 Å². The third-order valence-electron chi connectivity index (χ3n) is 3.34. The average molecular weight is 266 g/mol. The van der Waals surface area contributed by atoms with Crippen molar-refractivity contribution in [2.24, 2.45) is 0 Å². The van der Waals surface area contributed by atoms with Crippen molar-refractivity contribution in [1.82, 2.24) is 5.32 Å². The van der Waals surface area contributed by atoms with Crippen molar-refractivity contribution >= 4 is 17.3 Å². The van der Waals surface area contributed by atoms with Crippen LogP contribution in [0.15, 0.2) is 49.0 Å². The van der Waals surface area contributed by atoms with Crippen LogP contribution in [0.4, 0.5) is 5.69 Å². The maximum atomic E-state index is 11.9. The van der Waals surface area contributed by atoms with Crippen LogP contribution in [0.25, 0.3) is 5.70 Å². The van der Waals surface area contributed by atoms with Crippen molar-refractivity contribution in [2.75, 3.05) is 5.32 Å². The molecule has 3 N–H and O–H groups in total. The number of nitrogens with one attached hydrogen (secondary N) is 2. The van der Waals surface area contributed by atoms with Gasteiger partial charge >= 0.3 is 0 Å². The molecule has 0 spiro atoms. The van der Waals surface area contributed by atoms with E-state index in [2.05, 4.69) is 17.2 Å². The van der Waals surface area contributed by atoms with Crippen LogP contribution in [-0.2, 0) is 6.54 Å². The third-order valence-corrected chi connectivity index (χ3v) is 3.34. The fourth-order valence-electron chi connectivity index (χ4n) is 2.31. The summed E-state index contributed by atoms with van der Waals surface area (Å²) >= 11 is 0. The molecule has 3 rings (SSSR count). The van der Waals surface area contributed by atoms with Crippen LogP contribution in [0.1, 0.15) is 21.5 Å². The van der Waals surface area contributed by atoms with E-state index in [0.29, 0.717) is 17.8 Å². The van der Waals surface area contributed by atoms with Gasteiger partial charge in [-0.25, -0.2) is 0 Å². The van der Waals surface area contributed by atoms with Gasteiger partial charge in [-0.05, 0) is 12.1 Å². The number of carbonyl (C=O) groups excluding carboxylic acids is 1. The first kappa shape index (κ1) is 12.3. The Bertz CT molecular complexity index is 707. The molecule has 100 valence electrons. The van der Waals surface area contributed by atoms with E-state index < -0.39 is 0 Å². The molecule has 0 aliphatic carbocycles. The van der Waals surface area contributed by atoms with Gasteiger partial charge < -0.3 is 15.7 Å². The van der Waals surface area contributed by atoms with Crippen molar-refractivity contribution in [1.29, 1.82) is 0 Å². The number of hydrogen-bond donors (Lipinski definition) is 3. The highest BCUT2D eigenvalue weighted by molar-refractivity contribution is 6.12. The lowest BCUT2D eigenvalue weighted by atomic mass is 10.1. The number of aromatic hydroxyl groups is 1. The number of fused-ring (bicyclic) bond motifs is 1. The van der Waals surface area contributed by atoms with E-state index in [4.69, 9.17) is 0 Å². The second-order valence-electron chi connectivity index (χ2n) is 4.64. The van der Waals surface area contributed by atoms with Gasteiger partial charge in [-0.2, -0.15) is 0 Å². The monoisotopic (exact) mass is 266 g/mol. The van der Waals surface area contributed by atoms with E-state index in [-0.39, 0.29) is 11.7 Å². The number of phenols is 1.